The Labute approximate surface area is 176 Å². The van der Waals surface area contributed by atoms with Crippen LogP contribution in [0.15, 0.2) is 24.3 Å². The molecule has 1 aliphatic rings. The van der Waals surface area contributed by atoms with Crippen molar-refractivity contribution in [1.29, 1.82) is 0 Å². The fraction of sp³-hybridized carbons (Fsp3) is 0.368. The molecule has 0 aliphatic carbocycles. The summed E-state index contributed by atoms with van der Waals surface area (Å²) in [6, 6.07) is 6.99. The summed E-state index contributed by atoms with van der Waals surface area (Å²) >= 11 is 7.50. The van der Waals surface area contributed by atoms with Gasteiger partial charge in [0.15, 0.2) is 5.13 Å². The molecule has 29 heavy (non-hydrogen) atoms. The van der Waals surface area contributed by atoms with E-state index in [0.29, 0.717) is 23.3 Å². The minimum atomic E-state index is -0.329. The van der Waals surface area contributed by atoms with Gasteiger partial charge in [0.2, 0.25) is 5.88 Å². The first-order valence-electron chi connectivity index (χ1n) is 9.04. The van der Waals surface area contributed by atoms with Gasteiger partial charge in [-0.2, -0.15) is 9.97 Å². The lowest BCUT2D eigenvalue weighted by Gasteiger charge is -2.22. The highest BCUT2D eigenvalue weighted by molar-refractivity contribution is 7.22. The molecule has 8 nitrogen and oxygen atoms in total. The molecule has 1 unspecified atom stereocenters. The molecule has 1 saturated heterocycles. The lowest BCUT2D eigenvalue weighted by Crippen LogP contribution is -2.38. The minimum Gasteiger partial charge on any atom is -0.481 e. The SMILES string of the molecule is COc1cc(C(=O)N(CC2CCCO2)c2nc3ccc(Cl)cc3s2)nc(OC)n1. The maximum atomic E-state index is 13.4. The van der Waals surface area contributed by atoms with Crippen molar-refractivity contribution < 1.29 is 19.0 Å². The first kappa shape index (κ1) is 19.8. The van der Waals surface area contributed by atoms with Gasteiger partial charge < -0.3 is 14.2 Å². The van der Waals surface area contributed by atoms with E-state index < -0.39 is 0 Å². The number of fused-ring (bicyclic) bond motifs is 1. The number of hydrogen-bond donors (Lipinski definition) is 0. The number of aromatic nitrogens is 3. The van der Waals surface area contributed by atoms with E-state index in [0.717, 1.165) is 23.1 Å². The van der Waals surface area contributed by atoms with E-state index in [1.807, 2.05) is 12.1 Å². The van der Waals surface area contributed by atoms with Crippen LogP contribution in [0.5, 0.6) is 11.9 Å². The van der Waals surface area contributed by atoms with Gasteiger partial charge in [-0.1, -0.05) is 22.9 Å². The molecule has 1 atom stereocenters. The van der Waals surface area contributed by atoms with Crippen molar-refractivity contribution in [3.8, 4) is 11.9 Å². The van der Waals surface area contributed by atoms with E-state index >= 15 is 0 Å². The van der Waals surface area contributed by atoms with Crippen molar-refractivity contribution in [1.82, 2.24) is 15.0 Å². The van der Waals surface area contributed by atoms with Crippen molar-refractivity contribution >= 4 is 44.2 Å². The molecule has 1 amide bonds. The Kier molecular flexibility index (Phi) is 5.79. The monoisotopic (exact) mass is 434 g/mol. The second-order valence-corrected chi connectivity index (χ2v) is 7.89. The van der Waals surface area contributed by atoms with Gasteiger partial charge >= 0.3 is 6.01 Å². The van der Waals surface area contributed by atoms with Crippen molar-refractivity contribution in [2.45, 2.75) is 18.9 Å². The Morgan fingerprint density at radius 1 is 1.28 bits per heavy atom. The van der Waals surface area contributed by atoms with Crippen LogP contribution in [0.1, 0.15) is 23.3 Å². The lowest BCUT2D eigenvalue weighted by atomic mass is 10.2. The molecular formula is C19H19ClN4O4S. The molecule has 0 saturated carbocycles. The fourth-order valence-electron chi connectivity index (χ4n) is 3.09. The van der Waals surface area contributed by atoms with Gasteiger partial charge in [-0.3, -0.25) is 9.69 Å². The molecule has 0 N–H and O–H groups in total. The van der Waals surface area contributed by atoms with E-state index in [9.17, 15) is 4.79 Å². The Bertz CT molecular complexity index is 1020. The summed E-state index contributed by atoms with van der Waals surface area (Å²) in [5.74, 6) is -0.0852. The molecule has 0 spiro atoms. The van der Waals surface area contributed by atoms with Gasteiger partial charge in [-0.05, 0) is 31.0 Å². The van der Waals surface area contributed by atoms with Gasteiger partial charge in [0.05, 0.1) is 37.1 Å². The maximum Gasteiger partial charge on any atom is 0.320 e. The summed E-state index contributed by atoms with van der Waals surface area (Å²) < 4.78 is 16.9. The number of hydrogen-bond acceptors (Lipinski definition) is 8. The molecule has 10 heteroatoms. The maximum absolute atomic E-state index is 13.4. The number of carbonyl (C=O) groups is 1. The van der Waals surface area contributed by atoms with Crippen molar-refractivity contribution in [3.63, 3.8) is 0 Å². The predicted octanol–water partition coefficient (Wildman–Crippen LogP) is 3.58. The van der Waals surface area contributed by atoms with Gasteiger partial charge in [-0.25, -0.2) is 4.98 Å². The molecule has 4 rings (SSSR count). The summed E-state index contributed by atoms with van der Waals surface area (Å²) in [5.41, 5.74) is 0.932. The van der Waals surface area contributed by atoms with E-state index in [2.05, 4.69) is 15.0 Å². The number of carbonyl (C=O) groups excluding carboxylic acids is 1. The largest absolute Gasteiger partial charge is 0.481 e. The number of anilines is 1. The number of methoxy groups -OCH3 is 2. The number of halogens is 1. The van der Waals surface area contributed by atoms with Crippen LogP contribution in [0.25, 0.3) is 10.2 Å². The number of thiazole rings is 1. The second kappa shape index (κ2) is 8.48. The van der Waals surface area contributed by atoms with Gasteiger partial charge in [0.1, 0.15) is 5.69 Å². The van der Waals surface area contributed by atoms with Crippen LogP contribution in [0, 0.1) is 0 Å². The highest BCUT2D eigenvalue weighted by Gasteiger charge is 2.28. The van der Waals surface area contributed by atoms with Crippen LogP contribution in [0.2, 0.25) is 5.02 Å². The highest BCUT2D eigenvalue weighted by atomic mass is 35.5. The molecule has 3 heterocycles. The third kappa shape index (κ3) is 4.26. The van der Waals surface area contributed by atoms with Crippen molar-refractivity contribution in [2.24, 2.45) is 0 Å². The second-order valence-electron chi connectivity index (χ2n) is 6.44. The third-order valence-electron chi connectivity index (χ3n) is 4.52. The van der Waals surface area contributed by atoms with Crippen LogP contribution < -0.4 is 14.4 Å². The van der Waals surface area contributed by atoms with Crippen molar-refractivity contribution in [3.05, 3.63) is 35.0 Å². The van der Waals surface area contributed by atoms with Gasteiger partial charge in [-0.15, -0.1) is 0 Å². The van der Waals surface area contributed by atoms with Gasteiger partial charge in [0.25, 0.3) is 5.91 Å². The molecule has 0 bridgehead atoms. The zero-order chi connectivity index (χ0) is 20.4. The van der Waals surface area contributed by atoms with Crippen LogP contribution in [-0.2, 0) is 4.74 Å². The van der Waals surface area contributed by atoms with E-state index in [4.69, 9.17) is 25.8 Å². The smallest absolute Gasteiger partial charge is 0.320 e. The standard InChI is InChI=1S/C19H19ClN4O4S/c1-26-16-9-14(21-18(23-16)27-2)17(25)24(10-12-4-3-7-28-12)19-22-13-6-5-11(20)8-15(13)29-19/h5-6,8-9,12H,3-4,7,10H2,1-2H3. The Morgan fingerprint density at radius 2 is 2.14 bits per heavy atom. The lowest BCUT2D eigenvalue weighted by molar-refractivity contribution is 0.0912. The number of benzene rings is 1. The highest BCUT2D eigenvalue weighted by Crippen LogP contribution is 2.32. The topological polar surface area (TPSA) is 86.7 Å². The van der Waals surface area contributed by atoms with Gasteiger partial charge in [0, 0.05) is 17.7 Å². The van der Waals surface area contributed by atoms with E-state index in [-0.39, 0.29) is 29.6 Å². The summed E-state index contributed by atoms with van der Waals surface area (Å²) in [7, 11) is 2.90. The Hall–Kier alpha value is -2.49. The van der Waals surface area contributed by atoms with E-state index in [1.54, 1.807) is 11.0 Å². The molecule has 1 aliphatic heterocycles. The summed E-state index contributed by atoms with van der Waals surface area (Å²) in [6.07, 6.45) is 1.80. The third-order valence-corrected chi connectivity index (χ3v) is 5.79. The van der Waals surface area contributed by atoms with Crippen molar-refractivity contribution in [2.75, 3.05) is 32.3 Å². The fourth-order valence-corrected chi connectivity index (χ4v) is 4.34. The zero-order valence-corrected chi connectivity index (χ0v) is 17.5. The molecule has 152 valence electrons. The molecule has 0 radical (unpaired) electrons. The molecule has 2 aromatic heterocycles. The normalized spacial score (nSPS) is 16.2. The number of amides is 1. The first-order chi connectivity index (χ1) is 14.1. The van der Waals surface area contributed by atoms with E-state index in [1.165, 1.54) is 31.6 Å². The average Bonchev–Trinajstić information content (AvgIpc) is 3.40. The van der Waals surface area contributed by atoms with Crippen LogP contribution in [0.4, 0.5) is 5.13 Å². The van der Waals surface area contributed by atoms with Crippen LogP contribution in [-0.4, -0.2) is 54.3 Å². The number of nitrogens with zero attached hydrogens (tertiary/aromatic N) is 4. The molecule has 1 fully saturated rings. The summed E-state index contributed by atoms with van der Waals surface area (Å²) in [4.78, 5) is 27.9. The Balaban J connectivity index is 1.74. The first-order valence-corrected chi connectivity index (χ1v) is 10.2. The van der Waals surface area contributed by atoms with Crippen LogP contribution >= 0.6 is 22.9 Å². The predicted molar refractivity (Wildman–Crippen MR) is 110 cm³/mol. The summed E-state index contributed by atoms with van der Waals surface area (Å²) in [6.45, 7) is 1.07. The Morgan fingerprint density at radius 3 is 2.86 bits per heavy atom. The van der Waals surface area contributed by atoms with Crippen LogP contribution in [0.3, 0.4) is 0 Å². The molecular weight excluding hydrogens is 416 g/mol. The minimum absolute atomic E-state index is 0.0554. The molecule has 3 aromatic rings. The average molecular weight is 435 g/mol. The molecule has 1 aromatic carbocycles. The zero-order valence-electron chi connectivity index (χ0n) is 15.9. The number of ether oxygens (including phenoxy) is 3. The quantitative estimate of drug-likeness (QED) is 0.586. The number of rotatable bonds is 6. The summed E-state index contributed by atoms with van der Waals surface area (Å²) in [5, 5.41) is 1.18.